The van der Waals surface area contributed by atoms with E-state index in [1.54, 1.807) is 0 Å². The van der Waals surface area contributed by atoms with Gasteiger partial charge in [-0.2, -0.15) is 0 Å². The fourth-order valence-corrected chi connectivity index (χ4v) is 3.38. The van der Waals surface area contributed by atoms with Gasteiger partial charge in [-0.25, -0.2) is 0 Å². The van der Waals surface area contributed by atoms with E-state index in [2.05, 4.69) is 17.4 Å². The van der Waals surface area contributed by atoms with Crippen molar-refractivity contribution >= 4 is 11.8 Å². The maximum Gasteiger partial charge on any atom is 0.248 e. The first-order valence-corrected chi connectivity index (χ1v) is 7.76. The van der Waals surface area contributed by atoms with E-state index in [0.717, 1.165) is 32.2 Å². The lowest BCUT2D eigenvalue weighted by molar-refractivity contribution is -0.141. The van der Waals surface area contributed by atoms with E-state index in [1.807, 2.05) is 24.0 Å². The summed E-state index contributed by atoms with van der Waals surface area (Å²) in [6, 6.07) is 8.28. The van der Waals surface area contributed by atoms with Crippen LogP contribution in [0.4, 0.5) is 0 Å². The third-order valence-electron chi connectivity index (χ3n) is 4.64. The average Bonchev–Trinajstić information content (AvgIpc) is 2.67. The molecule has 1 aromatic carbocycles. The second kappa shape index (κ2) is 5.51. The van der Waals surface area contributed by atoms with Crippen molar-refractivity contribution in [2.75, 3.05) is 6.54 Å². The predicted molar refractivity (Wildman–Crippen MR) is 80.6 cm³/mol. The number of rotatable bonds is 1. The molecule has 0 spiro atoms. The van der Waals surface area contributed by atoms with E-state index in [0.29, 0.717) is 13.0 Å². The monoisotopic (exact) mass is 286 g/mol. The highest BCUT2D eigenvalue weighted by Gasteiger charge is 2.39. The molecule has 0 aliphatic carbocycles. The summed E-state index contributed by atoms with van der Waals surface area (Å²) in [6.45, 7) is 3.26. The van der Waals surface area contributed by atoms with E-state index in [-0.39, 0.29) is 11.8 Å². The Bertz CT molecular complexity index is 570. The Morgan fingerprint density at radius 2 is 1.95 bits per heavy atom. The smallest absolute Gasteiger partial charge is 0.248 e. The average molecular weight is 286 g/mol. The molecule has 3 rings (SSSR count). The molecule has 0 saturated carbocycles. The molecule has 1 saturated heterocycles. The zero-order valence-electron chi connectivity index (χ0n) is 12.5. The summed E-state index contributed by atoms with van der Waals surface area (Å²) in [6.07, 6.45) is 3.95. The Morgan fingerprint density at radius 3 is 2.76 bits per heavy atom. The van der Waals surface area contributed by atoms with Crippen molar-refractivity contribution < 1.29 is 9.59 Å². The quantitative estimate of drug-likeness (QED) is 0.858. The number of hydrogen-bond acceptors (Lipinski definition) is 2. The summed E-state index contributed by atoms with van der Waals surface area (Å²) in [4.78, 5) is 26.6. The van der Waals surface area contributed by atoms with Crippen molar-refractivity contribution in [1.29, 1.82) is 0 Å². The van der Waals surface area contributed by atoms with Crippen LogP contribution in [-0.4, -0.2) is 28.8 Å². The minimum atomic E-state index is -0.736. The van der Waals surface area contributed by atoms with Gasteiger partial charge in [-0.3, -0.25) is 9.59 Å². The molecule has 1 unspecified atom stereocenters. The van der Waals surface area contributed by atoms with E-state index in [4.69, 9.17) is 0 Å². The van der Waals surface area contributed by atoms with E-state index < -0.39 is 5.54 Å². The van der Waals surface area contributed by atoms with Crippen LogP contribution in [0.1, 0.15) is 43.7 Å². The van der Waals surface area contributed by atoms with E-state index >= 15 is 0 Å². The molecule has 2 amide bonds. The number of carbonyl (C=O) groups is 2. The maximum atomic E-state index is 12.9. The van der Waals surface area contributed by atoms with Crippen molar-refractivity contribution in [3.8, 4) is 0 Å². The van der Waals surface area contributed by atoms with Gasteiger partial charge in [-0.1, -0.05) is 30.7 Å². The number of benzene rings is 1. The first-order chi connectivity index (χ1) is 10.1. The standard InChI is InChI=1S/C17H22N2O2/c1-17(10-5-4-8-15(20)18-17)16(21)19-11-9-13-6-2-3-7-14(13)12-19/h2-3,6-7H,4-5,8-12H2,1H3,(H,18,20). The van der Waals surface area contributed by atoms with Crippen LogP contribution in [0.5, 0.6) is 0 Å². The Hall–Kier alpha value is -1.84. The molecule has 112 valence electrons. The highest BCUT2D eigenvalue weighted by atomic mass is 16.2. The summed E-state index contributed by atoms with van der Waals surface area (Å²) >= 11 is 0. The first-order valence-electron chi connectivity index (χ1n) is 7.76. The van der Waals surface area contributed by atoms with Gasteiger partial charge in [-0.15, -0.1) is 0 Å². The van der Waals surface area contributed by atoms with Crippen molar-refractivity contribution in [2.24, 2.45) is 0 Å². The molecule has 1 atom stereocenters. The molecule has 0 bridgehead atoms. The minimum Gasteiger partial charge on any atom is -0.342 e. The van der Waals surface area contributed by atoms with Crippen LogP contribution >= 0.6 is 0 Å². The maximum absolute atomic E-state index is 12.9. The molecule has 2 aliphatic rings. The highest BCUT2D eigenvalue weighted by molar-refractivity contribution is 5.91. The van der Waals surface area contributed by atoms with Crippen LogP contribution in [0.25, 0.3) is 0 Å². The largest absolute Gasteiger partial charge is 0.342 e. The Morgan fingerprint density at radius 1 is 1.19 bits per heavy atom. The fraction of sp³-hybridized carbons (Fsp3) is 0.529. The minimum absolute atomic E-state index is 0.000703. The Balaban J connectivity index is 1.78. The molecule has 21 heavy (non-hydrogen) atoms. The van der Waals surface area contributed by atoms with Gasteiger partial charge < -0.3 is 10.2 Å². The Labute approximate surface area is 125 Å². The zero-order chi connectivity index (χ0) is 14.9. The first kappa shape index (κ1) is 14.1. The lowest BCUT2D eigenvalue weighted by Gasteiger charge is -2.37. The second-order valence-electron chi connectivity index (χ2n) is 6.33. The summed E-state index contributed by atoms with van der Waals surface area (Å²) in [5.74, 6) is 0.0630. The normalized spacial score (nSPS) is 25.8. The van der Waals surface area contributed by atoms with Crippen LogP contribution in [-0.2, 0) is 22.6 Å². The van der Waals surface area contributed by atoms with Crippen molar-refractivity contribution in [3.63, 3.8) is 0 Å². The molecular formula is C17H22N2O2. The number of carbonyl (C=O) groups excluding carboxylic acids is 2. The number of nitrogens with one attached hydrogen (secondary N) is 1. The number of amides is 2. The van der Waals surface area contributed by atoms with Gasteiger partial charge in [0.05, 0.1) is 0 Å². The second-order valence-corrected chi connectivity index (χ2v) is 6.33. The van der Waals surface area contributed by atoms with Gasteiger partial charge >= 0.3 is 0 Å². The van der Waals surface area contributed by atoms with Gasteiger partial charge in [0.25, 0.3) is 0 Å². The van der Waals surface area contributed by atoms with Crippen LogP contribution in [0.2, 0.25) is 0 Å². The van der Waals surface area contributed by atoms with Crippen LogP contribution in [0, 0.1) is 0 Å². The molecule has 4 nitrogen and oxygen atoms in total. The lowest BCUT2D eigenvalue weighted by atomic mass is 9.92. The van der Waals surface area contributed by atoms with E-state index in [9.17, 15) is 9.59 Å². The van der Waals surface area contributed by atoms with Gasteiger partial charge in [0.15, 0.2) is 0 Å². The van der Waals surface area contributed by atoms with Gasteiger partial charge in [0, 0.05) is 19.5 Å². The van der Waals surface area contributed by atoms with Crippen molar-refractivity contribution in [1.82, 2.24) is 10.2 Å². The van der Waals surface area contributed by atoms with Crippen LogP contribution < -0.4 is 5.32 Å². The molecule has 0 radical (unpaired) electrons. The third kappa shape index (κ3) is 2.80. The number of nitrogens with zero attached hydrogens (tertiary/aromatic N) is 1. The van der Waals surface area contributed by atoms with Crippen molar-refractivity contribution in [3.05, 3.63) is 35.4 Å². The predicted octanol–water partition coefficient (Wildman–Crippen LogP) is 2.02. The Kier molecular flexibility index (Phi) is 3.70. The third-order valence-corrected chi connectivity index (χ3v) is 4.64. The number of fused-ring (bicyclic) bond motifs is 1. The molecule has 2 aliphatic heterocycles. The molecular weight excluding hydrogens is 264 g/mol. The van der Waals surface area contributed by atoms with Gasteiger partial charge in [0.1, 0.15) is 5.54 Å². The molecule has 1 aromatic rings. The highest BCUT2D eigenvalue weighted by Crippen LogP contribution is 2.25. The number of hydrogen-bond donors (Lipinski definition) is 1. The molecule has 2 heterocycles. The van der Waals surface area contributed by atoms with Gasteiger partial charge in [-0.05, 0) is 37.3 Å². The van der Waals surface area contributed by atoms with Crippen molar-refractivity contribution in [2.45, 2.75) is 51.1 Å². The van der Waals surface area contributed by atoms with Gasteiger partial charge in [0.2, 0.25) is 11.8 Å². The summed E-state index contributed by atoms with van der Waals surface area (Å²) < 4.78 is 0. The molecule has 4 heteroatoms. The summed E-state index contributed by atoms with van der Waals surface area (Å²) in [5, 5.41) is 2.95. The molecule has 1 N–H and O–H groups in total. The lowest BCUT2D eigenvalue weighted by Crippen LogP contribution is -2.57. The zero-order valence-corrected chi connectivity index (χ0v) is 12.5. The summed E-state index contributed by atoms with van der Waals surface area (Å²) in [7, 11) is 0. The van der Waals surface area contributed by atoms with Crippen LogP contribution in [0.3, 0.4) is 0 Å². The van der Waals surface area contributed by atoms with E-state index in [1.165, 1.54) is 11.1 Å². The molecule has 1 fully saturated rings. The topological polar surface area (TPSA) is 49.4 Å². The van der Waals surface area contributed by atoms with Crippen LogP contribution in [0.15, 0.2) is 24.3 Å². The SMILES string of the molecule is CC1(C(=O)N2CCc3ccccc3C2)CCCCC(=O)N1. The molecule has 0 aromatic heterocycles. The summed E-state index contributed by atoms with van der Waals surface area (Å²) in [5.41, 5.74) is 1.82. The fourth-order valence-electron chi connectivity index (χ4n) is 3.38.